The standard InChI is InChI=1S/C15H18N2OS/c1-18-12-4-2-3-11(8-12)15-17-13-6-5-10(9-16)7-14(13)19-15/h2-4,8,10H,5-7,9,16H2,1H3. The molecule has 0 amide bonds. The van der Waals surface area contributed by atoms with Gasteiger partial charge in [0.05, 0.1) is 12.8 Å². The number of rotatable bonds is 3. The van der Waals surface area contributed by atoms with Crippen molar-refractivity contribution in [3.05, 3.63) is 34.8 Å². The third-order valence-corrected chi connectivity index (χ3v) is 4.86. The highest BCUT2D eigenvalue weighted by atomic mass is 32.1. The second-order valence-corrected chi connectivity index (χ2v) is 6.05. The topological polar surface area (TPSA) is 48.1 Å². The number of nitrogens with two attached hydrogens (primary N) is 1. The number of fused-ring (bicyclic) bond motifs is 1. The molecule has 0 radical (unpaired) electrons. The van der Waals surface area contributed by atoms with Crippen LogP contribution in [0, 0.1) is 5.92 Å². The first-order chi connectivity index (χ1) is 9.30. The Morgan fingerprint density at radius 1 is 1.47 bits per heavy atom. The first-order valence-electron chi connectivity index (χ1n) is 6.63. The van der Waals surface area contributed by atoms with Crippen LogP contribution in [0.15, 0.2) is 24.3 Å². The van der Waals surface area contributed by atoms with Crippen LogP contribution in [0.3, 0.4) is 0 Å². The minimum atomic E-state index is 0.631. The van der Waals surface area contributed by atoms with Crippen molar-refractivity contribution in [2.45, 2.75) is 19.3 Å². The summed E-state index contributed by atoms with van der Waals surface area (Å²) in [4.78, 5) is 6.20. The zero-order chi connectivity index (χ0) is 13.2. The summed E-state index contributed by atoms with van der Waals surface area (Å²) in [7, 11) is 1.69. The largest absolute Gasteiger partial charge is 0.497 e. The lowest BCUT2D eigenvalue weighted by atomic mass is 9.91. The van der Waals surface area contributed by atoms with E-state index >= 15 is 0 Å². The molecule has 2 N–H and O–H groups in total. The maximum atomic E-state index is 5.78. The average Bonchev–Trinajstić information content (AvgIpc) is 2.90. The second kappa shape index (κ2) is 5.31. The molecule has 1 aliphatic rings. The highest BCUT2D eigenvalue weighted by molar-refractivity contribution is 7.15. The van der Waals surface area contributed by atoms with Crippen LogP contribution >= 0.6 is 11.3 Å². The Morgan fingerprint density at radius 2 is 2.37 bits per heavy atom. The number of hydrogen-bond acceptors (Lipinski definition) is 4. The molecule has 3 rings (SSSR count). The Kier molecular flexibility index (Phi) is 3.53. The molecule has 19 heavy (non-hydrogen) atoms. The molecule has 0 spiro atoms. The first kappa shape index (κ1) is 12.6. The number of nitrogens with zero attached hydrogens (tertiary/aromatic N) is 1. The van der Waals surface area contributed by atoms with Crippen molar-refractivity contribution in [2.75, 3.05) is 13.7 Å². The monoisotopic (exact) mass is 274 g/mol. The Bertz CT molecular complexity index is 579. The molecule has 1 aromatic carbocycles. The molecule has 0 saturated heterocycles. The number of hydrogen-bond donors (Lipinski definition) is 1. The number of ether oxygens (including phenoxy) is 1. The number of methoxy groups -OCH3 is 1. The van der Waals surface area contributed by atoms with Crippen molar-refractivity contribution in [3.8, 4) is 16.3 Å². The van der Waals surface area contributed by atoms with Gasteiger partial charge in [0.2, 0.25) is 0 Å². The van der Waals surface area contributed by atoms with E-state index in [1.165, 1.54) is 17.0 Å². The Hall–Kier alpha value is -1.39. The third-order valence-electron chi connectivity index (χ3n) is 3.69. The lowest BCUT2D eigenvalue weighted by molar-refractivity contribution is 0.415. The lowest BCUT2D eigenvalue weighted by Crippen LogP contribution is -2.21. The van der Waals surface area contributed by atoms with Crippen molar-refractivity contribution in [2.24, 2.45) is 11.7 Å². The van der Waals surface area contributed by atoms with E-state index in [-0.39, 0.29) is 0 Å². The molecule has 0 aliphatic heterocycles. The highest BCUT2D eigenvalue weighted by Gasteiger charge is 2.22. The summed E-state index contributed by atoms with van der Waals surface area (Å²) in [6, 6.07) is 8.11. The van der Waals surface area contributed by atoms with E-state index in [2.05, 4.69) is 6.07 Å². The van der Waals surface area contributed by atoms with Crippen molar-refractivity contribution >= 4 is 11.3 Å². The smallest absolute Gasteiger partial charge is 0.124 e. The van der Waals surface area contributed by atoms with Crippen LogP contribution in [0.2, 0.25) is 0 Å². The molecule has 4 heteroatoms. The van der Waals surface area contributed by atoms with E-state index in [4.69, 9.17) is 15.5 Å². The molecule has 1 unspecified atom stereocenters. The Morgan fingerprint density at radius 3 is 3.16 bits per heavy atom. The van der Waals surface area contributed by atoms with Gasteiger partial charge in [0.1, 0.15) is 10.8 Å². The van der Waals surface area contributed by atoms with Gasteiger partial charge in [-0.2, -0.15) is 0 Å². The summed E-state index contributed by atoms with van der Waals surface area (Å²) in [5.41, 5.74) is 8.20. The molecule has 1 heterocycles. The molecule has 0 saturated carbocycles. The first-order valence-corrected chi connectivity index (χ1v) is 7.45. The second-order valence-electron chi connectivity index (χ2n) is 4.97. The van der Waals surface area contributed by atoms with Gasteiger partial charge in [-0.05, 0) is 43.9 Å². The fourth-order valence-corrected chi connectivity index (χ4v) is 3.74. The van der Waals surface area contributed by atoms with Gasteiger partial charge in [-0.25, -0.2) is 4.98 Å². The zero-order valence-electron chi connectivity index (χ0n) is 11.1. The van der Waals surface area contributed by atoms with E-state index in [1.54, 1.807) is 18.4 Å². The third kappa shape index (κ3) is 2.51. The maximum absolute atomic E-state index is 5.78. The molecule has 1 aliphatic carbocycles. The SMILES string of the molecule is COc1cccc(-c2nc3c(s2)CC(CN)CC3)c1. The Balaban J connectivity index is 1.92. The van der Waals surface area contributed by atoms with Gasteiger partial charge in [0, 0.05) is 10.4 Å². The van der Waals surface area contributed by atoms with Crippen LogP contribution in [0.4, 0.5) is 0 Å². The van der Waals surface area contributed by atoms with E-state index in [9.17, 15) is 0 Å². The zero-order valence-corrected chi connectivity index (χ0v) is 11.9. The van der Waals surface area contributed by atoms with Crippen molar-refractivity contribution in [1.29, 1.82) is 0 Å². The summed E-state index contributed by atoms with van der Waals surface area (Å²) >= 11 is 1.80. The van der Waals surface area contributed by atoms with Gasteiger partial charge < -0.3 is 10.5 Å². The summed E-state index contributed by atoms with van der Waals surface area (Å²) in [5, 5.41) is 1.10. The van der Waals surface area contributed by atoms with E-state index in [1.807, 2.05) is 18.2 Å². The van der Waals surface area contributed by atoms with E-state index in [0.29, 0.717) is 5.92 Å². The van der Waals surface area contributed by atoms with Crippen LogP contribution in [0.25, 0.3) is 10.6 Å². The van der Waals surface area contributed by atoms with E-state index < -0.39 is 0 Å². The molecular weight excluding hydrogens is 256 g/mol. The summed E-state index contributed by atoms with van der Waals surface area (Å²) in [5.74, 6) is 1.51. The summed E-state index contributed by atoms with van der Waals surface area (Å²) in [6.45, 7) is 0.784. The van der Waals surface area contributed by atoms with Crippen LogP contribution in [0.5, 0.6) is 5.75 Å². The van der Waals surface area contributed by atoms with Crippen LogP contribution in [-0.4, -0.2) is 18.6 Å². The fraction of sp³-hybridized carbons (Fsp3) is 0.400. The van der Waals surface area contributed by atoms with Crippen LogP contribution in [0.1, 0.15) is 17.0 Å². The predicted octanol–water partition coefficient (Wildman–Crippen LogP) is 2.88. The van der Waals surface area contributed by atoms with Crippen molar-refractivity contribution in [3.63, 3.8) is 0 Å². The van der Waals surface area contributed by atoms with Gasteiger partial charge in [0.15, 0.2) is 0 Å². The van der Waals surface area contributed by atoms with Gasteiger partial charge in [-0.1, -0.05) is 12.1 Å². The molecule has 0 fully saturated rings. The quantitative estimate of drug-likeness (QED) is 0.936. The Labute approximate surface area is 117 Å². The molecule has 100 valence electrons. The van der Waals surface area contributed by atoms with Crippen molar-refractivity contribution < 1.29 is 4.74 Å². The molecular formula is C15H18N2OS. The van der Waals surface area contributed by atoms with Crippen LogP contribution < -0.4 is 10.5 Å². The van der Waals surface area contributed by atoms with Gasteiger partial charge in [0.25, 0.3) is 0 Å². The highest BCUT2D eigenvalue weighted by Crippen LogP contribution is 2.35. The van der Waals surface area contributed by atoms with Gasteiger partial charge in [-0.15, -0.1) is 11.3 Å². The number of aromatic nitrogens is 1. The molecule has 1 aromatic heterocycles. The minimum absolute atomic E-state index is 0.631. The predicted molar refractivity (Wildman–Crippen MR) is 78.7 cm³/mol. The van der Waals surface area contributed by atoms with Crippen LogP contribution in [-0.2, 0) is 12.8 Å². The van der Waals surface area contributed by atoms with Gasteiger partial charge >= 0.3 is 0 Å². The normalized spacial score (nSPS) is 18.1. The number of benzene rings is 1. The molecule has 3 nitrogen and oxygen atoms in total. The number of thiazole rings is 1. The summed E-state index contributed by atoms with van der Waals surface area (Å²) < 4.78 is 5.27. The molecule has 0 bridgehead atoms. The fourth-order valence-electron chi connectivity index (χ4n) is 2.52. The summed E-state index contributed by atoms with van der Waals surface area (Å²) in [6.07, 6.45) is 3.33. The maximum Gasteiger partial charge on any atom is 0.124 e. The van der Waals surface area contributed by atoms with Gasteiger partial charge in [-0.3, -0.25) is 0 Å². The molecule has 2 aromatic rings. The minimum Gasteiger partial charge on any atom is -0.497 e. The lowest BCUT2D eigenvalue weighted by Gasteiger charge is -2.18. The average molecular weight is 274 g/mol. The molecule has 1 atom stereocenters. The number of aryl methyl sites for hydroxylation is 1. The van der Waals surface area contributed by atoms with E-state index in [0.717, 1.165) is 35.7 Å². The van der Waals surface area contributed by atoms with Crippen molar-refractivity contribution in [1.82, 2.24) is 4.98 Å².